The Hall–Kier alpha value is -0.900. The Kier molecular flexibility index (Phi) is 9.35. The van der Waals surface area contributed by atoms with Crippen LogP contribution in [0.3, 0.4) is 0 Å². The van der Waals surface area contributed by atoms with Crippen LogP contribution in [0.25, 0.3) is 0 Å². The first kappa shape index (κ1) is 24.1. The molecule has 1 saturated heterocycles. The number of benzene rings is 1. The zero-order chi connectivity index (χ0) is 17.1. The van der Waals surface area contributed by atoms with Crippen molar-refractivity contribution in [2.75, 3.05) is 26.2 Å². The van der Waals surface area contributed by atoms with Crippen molar-refractivity contribution >= 4 is 24.8 Å². The highest BCUT2D eigenvalue weighted by Gasteiger charge is 2.36. The molecule has 1 fully saturated rings. The molecule has 1 aromatic carbocycles. The predicted molar refractivity (Wildman–Crippen MR) is 85.5 cm³/mol. The van der Waals surface area contributed by atoms with Gasteiger partial charge < -0.3 is 10.1 Å². The van der Waals surface area contributed by atoms with Crippen LogP contribution < -0.4 is 10.1 Å². The normalized spacial score (nSPS) is 17.2. The Morgan fingerprint density at radius 3 is 2.16 bits per heavy atom. The molecule has 0 aromatic heterocycles. The lowest BCUT2D eigenvalue weighted by Gasteiger charge is -2.35. The summed E-state index contributed by atoms with van der Waals surface area (Å²) in [6.07, 6.45) is -10.4. The maximum absolute atomic E-state index is 12.9. The van der Waals surface area contributed by atoms with Gasteiger partial charge in [-0.2, -0.15) is 13.2 Å². The first-order valence-electron chi connectivity index (χ1n) is 7.01. The summed E-state index contributed by atoms with van der Waals surface area (Å²) in [4.78, 5) is 1.62. The van der Waals surface area contributed by atoms with E-state index in [1.807, 2.05) is 0 Å². The molecular weight excluding hydrogens is 397 g/mol. The number of ether oxygens (including phenoxy) is 1. The van der Waals surface area contributed by atoms with E-state index in [0.29, 0.717) is 26.2 Å². The van der Waals surface area contributed by atoms with E-state index in [1.54, 1.807) is 4.90 Å². The average molecular weight is 415 g/mol. The first-order valence-corrected chi connectivity index (χ1v) is 7.01. The highest BCUT2D eigenvalue weighted by Crippen LogP contribution is 2.35. The van der Waals surface area contributed by atoms with Crippen molar-refractivity contribution in [2.45, 2.75) is 25.0 Å². The van der Waals surface area contributed by atoms with Crippen LogP contribution in [-0.2, 0) is 0 Å². The van der Waals surface area contributed by atoms with E-state index in [4.69, 9.17) is 0 Å². The van der Waals surface area contributed by atoms with Crippen LogP contribution >= 0.6 is 24.8 Å². The molecule has 2 rings (SSSR count). The van der Waals surface area contributed by atoms with Crippen molar-refractivity contribution in [3.05, 3.63) is 29.8 Å². The highest BCUT2D eigenvalue weighted by molar-refractivity contribution is 5.85. The topological polar surface area (TPSA) is 24.5 Å². The average Bonchev–Trinajstić information content (AvgIpc) is 2.43. The van der Waals surface area contributed by atoms with Gasteiger partial charge in [-0.15, -0.1) is 38.0 Å². The fraction of sp³-hybridized carbons (Fsp3) is 0.571. The molecule has 3 nitrogen and oxygen atoms in total. The van der Waals surface area contributed by atoms with Gasteiger partial charge in [0.15, 0.2) is 0 Å². The van der Waals surface area contributed by atoms with Crippen molar-refractivity contribution in [1.82, 2.24) is 10.2 Å². The van der Waals surface area contributed by atoms with Gasteiger partial charge >= 0.3 is 12.5 Å². The fourth-order valence-corrected chi connectivity index (χ4v) is 2.59. The van der Waals surface area contributed by atoms with Crippen LogP contribution in [0, 0.1) is 0 Å². The Labute approximate surface area is 153 Å². The van der Waals surface area contributed by atoms with E-state index in [-0.39, 0.29) is 30.4 Å². The largest absolute Gasteiger partial charge is 0.573 e. The number of hydrogen-bond donors (Lipinski definition) is 1. The van der Waals surface area contributed by atoms with Crippen molar-refractivity contribution in [3.63, 3.8) is 0 Å². The van der Waals surface area contributed by atoms with E-state index in [2.05, 4.69) is 10.1 Å². The smallest absolute Gasteiger partial charge is 0.406 e. The van der Waals surface area contributed by atoms with Crippen LogP contribution in [0.15, 0.2) is 24.3 Å². The molecule has 1 aliphatic heterocycles. The van der Waals surface area contributed by atoms with E-state index >= 15 is 0 Å². The van der Waals surface area contributed by atoms with Crippen molar-refractivity contribution in [2.24, 2.45) is 0 Å². The Morgan fingerprint density at radius 1 is 1.04 bits per heavy atom. The number of piperazine rings is 1. The molecule has 1 N–H and O–H groups in total. The third-order valence-electron chi connectivity index (χ3n) is 3.49. The maximum Gasteiger partial charge on any atom is 0.573 e. The second-order valence-corrected chi connectivity index (χ2v) is 5.24. The summed E-state index contributed by atoms with van der Waals surface area (Å²) in [6.45, 7) is 1.86. The van der Waals surface area contributed by atoms with Gasteiger partial charge in [-0.25, -0.2) is 0 Å². The Bertz CT molecular complexity index is 521. The first-order chi connectivity index (χ1) is 10.6. The molecule has 11 heteroatoms. The number of alkyl halides is 6. The van der Waals surface area contributed by atoms with Gasteiger partial charge in [0, 0.05) is 32.2 Å². The molecule has 25 heavy (non-hydrogen) atoms. The minimum atomic E-state index is -4.88. The summed E-state index contributed by atoms with van der Waals surface area (Å²) >= 11 is 0. The molecule has 1 heterocycles. The molecule has 0 saturated carbocycles. The molecular formula is C14H18Cl2F6N2O. The van der Waals surface area contributed by atoms with Crippen molar-refractivity contribution < 1.29 is 31.1 Å². The lowest BCUT2D eigenvalue weighted by molar-refractivity contribution is -0.274. The molecule has 0 aliphatic carbocycles. The molecule has 146 valence electrons. The quantitative estimate of drug-likeness (QED) is 0.742. The number of rotatable bonds is 4. The molecule has 1 aliphatic rings. The number of halogens is 8. The maximum atomic E-state index is 12.9. The van der Waals surface area contributed by atoms with E-state index in [9.17, 15) is 26.3 Å². The number of nitrogens with one attached hydrogen (secondary N) is 1. The summed E-state index contributed by atoms with van der Waals surface area (Å²) in [7, 11) is 0. The van der Waals surface area contributed by atoms with Gasteiger partial charge in [0.2, 0.25) is 0 Å². The van der Waals surface area contributed by atoms with Crippen LogP contribution in [0.5, 0.6) is 5.75 Å². The molecule has 0 bridgehead atoms. The van der Waals surface area contributed by atoms with Crippen molar-refractivity contribution in [3.8, 4) is 5.75 Å². The van der Waals surface area contributed by atoms with E-state index in [1.165, 1.54) is 12.1 Å². The molecule has 0 spiro atoms. The van der Waals surface area contributed by atoms with Crippen LogP contribution in [0.2, 0.25) is 0 Å². The van der Waals surface area contributed by atoms with Gasteiger partial charge in [0.25, 0.3) is 0 Å². The second kappa shape index (κ2) is 9.70. The van der Waals surface area contributed by atoms with Crippen molar-refractivity contribution in [1.29, 1.82) is 0 Å². The van der Waals surface area contributed by atoms with Crippen LogP contribution in [-0.4, -0.2) is 43.6 Å². The van der Waals surface area contributed by atoms with E-state index in [0.717, 1.165) is 12.1 Å². The third kappa shape index (κ3) is 8.35. The summed E-state index contributed by atoms with van der Waals surface area (Å²) in [5.74, 6) is -0.516. The number of hydrogen-bond acceptors (Lipinski definition) is 3. The molecule has 1 aromatic rings. The third-order valence-corrected chi connectivity index (χ3v) is 3.49. The highest BCUT2D eigenvalue weighted by atomic mass is 35.5. The Balaban J connectivity index is 0.00000288. The minimum absolute atomic E-state index is 0. The van der Waals surface area contributed by atoms with Gasteiger partial charge in [-0.3, -0.25) is 4.90 Å². The van der Waals surface area contributed by atoms with Gasteiger partial charge in [0.1, 0.15) is 5.75 Å². The van der Waals surface area contributed by atoms with E-state index < -0.39 is 30.8 Å². The zero-order valence-corrected chi connectivity index (χ0v) is 14.5. The van der Waals surface area contributed by atoms with Crippen LogP contribution in [0.1, 0.15) is 18.0 Å². The second-order valence-electron chi connectivity index (χ2n) is 5.24. The molecule has 0 amide bonds. The lowest BCUT2D eigenvalue weighted by Crippen LogP contribution is -2.46. The fourth-order valence-electron chi connectivity index (χ4n) is 2.59. The minimum Gasteiger partial charge on any atom is -0.406 e. The van der Waals surface area contributed by atoms with Crippen LogP contribution in [0.4, 0.5) is 26.3 Å². The molecule has 0 unspecified atom stereocenters. The lowest BCUT2D eigenvalue weighted by atomic mass is 10.0. The zero-order valence-electron chi connectivity index (χ0n) is 12.9. The molecule has 1 atom stereocenters. The van der Waals surface area contributed by atoms with Gasteiger partial charge in [0.05, 0.1) is 6.42 Å². The van der Waals surface area contributed by atoms with Gasteiger partial charge in [-0.05, 0) is 17.7 Å². The monoisotopic (exact) mass is 414 g/mol. The summed E-state index contributed by atoms with van der Waals surface area (Å²) in [6, 6.07) is 3.71. The SMILES string of the molecule is Cl.Cl.FC(F)(F)C[C@H](c1cccc(OC(F)(F)F)c1)N1CCNCC1. The summed E-state index contributed by atoms with van der Waals surface area (Å²) < 4.78 is 79.2. The Morgan fingerprint density at radius 2 is 1.64 bits per heavy atom. The standard InChI is InChI=1S/C14H16F6N2O.2ClH/c15-13(16,17)9-12(22-6-4-21-5-7-22)10-2-1-3-11(8-10)23-14(18,19)20;;/h1-3,8,12,21H,4-7,9H2;2*1H/t12-;;/m1../s1. The van der Waals surface area contributed by atoms with Gasteiger partial charge in [-0.1, -0.05) is 12.1 Å². The molecule has 0 radical (unpaired) electrons. The summed E-state index contributed by atoms with van der Waals surface area (Å²) in [5.41, 5.74) is 0.158. The number of nitrogens with zero attached hydrogens (tertiary/aromatic N) is 1. The summed E-state index contributed by atoms with van der Waals surface area (Å²) in [5, 5.41) is 3.03. The predicted octanol–water partition coefficient (Wildman–Crippen LogP) is 4.33.